The largest absolute Gasteiger partial charge is 0.342 e. The predicted molar refractivity (Wildman–Crippen MR) is 113 cm³/mol. The fourth-order valence-electron chi connectivity index (χ4n) is 4.20. The van der Waals surface area contributed by atoms with Crippen LogP contribution in [0.5, 0.6) is 0 Å². The van der Waals surface area contributed by atoms with Crippen LogP contribution in [-0.2, 0) is 20.8 Å². The number of anilines is 2. The summed E-state index contributed by atoms with van der Waals surface area (Å²) in [5.74, 6) is 0.330. The normalized spacial score (nSPS) is 17.3. The van der Waals surface area contributed by atoms with Gasteiger partial charge in [0.05, 0.1) is 6.42 Å². The molecule has 31 heavy (non-hydrogen) atoms. The SMILES string of the molecule is Cc1nonc1CC(=O)N1CCC(CC(=O)Nc2cccc(N3CCCC3=O)c2)CC1. The Morgan fingerprint density at radius 1 is 1.19 bits per heavy atom. The molecule has 3 heterocycles. The molecule has 1 aromatic heterocycles. The summed E-state index contributed by atoms with van der Waals surface area (Å²) >= 11 is 0. The quantitative estimate of drug-likeness (QED) is 0.761. The maximum atomic E-state index is 12.5. The first kappa shape index (κ1) is 21.0. The van der Waals surface area contributed by atoms with Crippen molar-refractivity contribution >= 4 is 29.1 Å². The first-order chi connectivity index (χ1) is 15.0. The molecular formula is C22H27N5O4. The highest BCUT2D eigenvalue weighted by molar-refractivity contribution is 5.97. The van der Waals surface area contributed by atoms with Gasteiger partial charge in [0.15, 0.2) is 0 Å². The number of benzene rings is 1. The molecule has 0 saturated carbocycles. The van der Waals surface area contributed by atoms with E-state index in [1.807, 2.05) is 29.2 Å². The summed E-state index contributed by atoms with van der Waals surface area (Å²) in [5.41, 5.74) is 2.73. The van der Waals surface area contributed by atoms with Gasteiger partial charge in [-0.15, -0.1) is 0 Å². The summed E-state index contributed by atoms with van der Waals surface area (Å²) in [5, 5.41) is 10.4. The number of aryl methyl sites for hydroxylation is 1. The molecule has 164 valence electrons. The van der Waals surface area contributed by atoms with Gasteiger partial charge in [-0.1, -0.05) is 16.4 Å². The van der Waals surface area contributed by atoms with Crippen molar-refractivity contribution in [2.45, 2.75) is 45.4 Å². The van der Waals surface area contributed by atoms with Crippen LogP contribution in [0.3, 0.4) is 0 Å². The number of nitrogens with one attached hydrogen (secondary N) is 1. The van der Waals surface area contributed by atoms with Crippen LogP contribution in [-0.4, -0.2) is 52.6 Å². The van der Waals surface area contributed by atoms with Gasteiger partial charge in [0.1, 0.15) is 11.4 Å². The average Bonchev–Trinajstić information content (AvgIpc) is 3.36. The lowest BCUT2D eigenvalue weighted by Crippen LogP contribution is -2.40. The Morgan fingerprint density at radius 2 is 2.00 bits per heavy atom. The Kier molecular flexibility index (Phi) is 6.29. The molecule has 2 aromatic rings. The van der Waals surface area contributed by atoms with Crippen LogP contribution >= 0.6 is 0 Å². The molecule has 3 amide bonds. The zero-order valence-corrected chi connectivity index (χ0v) is 17.7. The third kappa shape index (κ3) is 5.10. The lowest BCUT2D eigenvalue weighted by Gasteiger charge is -2.31. The van der Waals surface area contributed by atoms with Gasteiger partial charge in [-0.05, 0) is 50.3 Å². The first-order valence-corrected chi connectivity index (χ1v) is 10.8. The molecule has 0 aliphatic carbocycles. The first-order valence-electron chi connectivity index (χ1n) is 10.8. The van der Waals surface area contributed by atoms with E-state index in [0.29, 0.717) is 43.0 Å². The highest BCUT2D eigenvalue weighted by Gasteiger charge is 2.26. The summed E-state index contributed by atoms with van der Waals surface area (Å²) in [4.78, 5) is 40.5. The van der Waals surface area contributed by atoms with Crippen molar-refractivity contribution < 1.29 is 19.0 Å². The van der Waals surface area contributed by atoms with E-state index >= 15 is 0 Å². The topological polar surface area (TPSA) is 109 Å². The predicted octanol–water partition coefficient (Wildman–Crippen LogP) is 2.31. The van der Waals surface area contributed by atoms with E-state index in [4.69, 9.17) is 0 Å². The van der Waals surface area contributed by atoms with Gasteiger partial charge in [-0.2, -0.15) is 0 Å². The zero-order valence-electron chi connectivity index (χ0n) is 17.7. The molecule has 1 N–H and O–H groups in total. The molecule has 0 radical (unpaired) electrons. The van der Waals surface area contributed by atoms with Crippen LogP contribution in [0.2, 0.25) is 0 Å². The Hall–Kier alpha value is -3.23. The number of aromatic nitrogens is 2. The van der Waals surface area contributed by atoms with Crippen molar-refractivity contribution in [1.82, 2.24) is 15.2 Å². The standard InChI is InChI=1S/C22H27N5O4/c1-15-19(25-31-24-15)14-22(30)26-10-7-16(8-11-26)12-20(28)23-17-4-2-5-18(13-17)27-9-3-6-21(27)29/h2,4-5,13,16H,3,6-12,14H2,1H3,(H,23,28). The van der Waals surface area contributed by atoms with Crippen LogP contribution in [0.25, 0.3) is 0 Å². The molecule has 0 bridgehead atoms. The number of amides is 3. The highest BCUT2D eigenvalue weighted by atomic mass is 16.6. The van der Waals surface area contributed by atoms with Crippen molar-refractivity contribution in [3.63, 3.8) is 0 Å². The Labute approximate surface area is 180 Å². The fourth-order valence-corrected chi connectivity index (χ4v) is 4.20. The van der Waals surface area contributed by atoms with Crippen molar-refractivity contribution in [2.75, 3.05) is 29.9 Å². The number of carbonyl (C=O) groups is 3. The van der Waals surface area contributed by atoms with Crippen LogP contribution in [0.4, 0.5) is 11.4 Å². The van der Waals surface area contributed by atoms with Crippen molar-refractivity contribution in [3.8, 4) is 0 Å². The van der Waals surface area contributed by atoms with Gasteiger partial charge in [-0.3, -0.25) is 14.4 Å². The van der Waals surface area contributed by atoms with Gasteiger partial charge in [-0.25, -0.2) is 4.63 Å². The number of nitrogens with zero attached hydrogens (tertiary/aromatic N) is 4. The minimum atomic E-state index is -0.0426. The second kappa shape index (κ2) is 9.28. The van der Waals surface area contributed by atoms with Crippen LogP contribution in [0.15, 0.2) is 28.9 Å². The molecule has 2 aliphatic rings. The zero-order chi connectivity index (χ0) is 21.8. The maximum Gasteiger partial charge on any atom is 0.228 e. The molecular weight excluding hydrogens is 398 g/mol. The monoisotopic (exact) mass is 425 g/mol. The van der Waals surface area contributed by atoms with Crippen LogP contribution in [0, 0.1) is 12.8 Å². The molecule has 4 rings (SSSR count). The third-order valence-corrected chi connectivity index (χ3v) is 6.02. The van der Waals surface area contributed by atoms with Crippen molar-refractivity contribution in [3.05, 3.63) is 35.7 Å². The van der Waals surface area contributed by atoms with Crippen molar-refractivity contribution in [2.24, 2.45) is 5.92 Å². The number of rotatable bonds is 6. The summed E-state index contributed by atoms with van der Waals surface area (Å²) in [6.45, 7) is 3.75. The van der Waals surface area contributed by atoms with Crippen LogP contribution < -0.4 is 10.2 Å². The molecule has 9 nitrogen and oxygen atoms in total. The summed E-state index contributed by atoms with van der Waals surface area (Å²) in [7, 11) is 0. The molecule has 0 unspecified atom stereocenters. The molecule has 2 fully saturated rings. The number of hydrogen-bond acceptors (Lipinski definition) is 6. The highest BCUT2D eigenvalue weighted by Crippen LogP contribution is 2.26. The average molecular weight is 425 g/mol. The van der Waals surface area contributed by atoms with Gasteiger partial charge in [0.2, 0.25) is 17.7 Å². The summed E-state index contributed by atoms with van der Waals surface area (Å²) < 4.78 is 4.65. The lowest BCUT2D eigenvalue weighted by molar-refractivity contribution is -0.132. The third-order valence-electron chi connectivity index (χ3n) is 6.02. The fraction of sp³-hybridized carbons (Fsp3) is 0.500. The summed E-state index contributed by atoms with van der Waals surface area (Å²) in [6, 6.07) is 7.43. The van der Waals surface area contributed by atoms with E-state index in [1.54, 1.807) is 11.8 Å². The molecule has 0 spiro atoms. The second-order valence-electron chi connectivity index (χ2n) is 8.25. The van der Waals surface area contributed by atoms with Gasteiger partial charge >= 0.3 is 0 Å². The number of hydrogen-bond donors (Lipinski definition) is 1. The second-order valence-corrected chi connectivity index (χ2v) is 8.25. The van der Waals surface area contributed by atoms with E-state index in [-0.39, 0.29) is 30.1 Å². The van der Waals surface area contributed by atoms with Gasteiger partial charge in [0.25, 0.3) is 0 Å². The number of likely N-dealkylation sites (tertiary alicyclic amines) is 1. The molecule has 0 atom stereocenters. The van der Waals surface area contributed by atoms with E-state index in [9.17, 15) is 14.4 Å². The van der Waals surface area contributed by atoms with E-state index < -0.39 is 0 Å². The van der Waals surface area contributed by atoms with Gasteiger partial charge < -0.3 is 15.1 Å². The number of carbonyl (C=O) groups excluding carboxylic acids is 3. The minimum absolute atomic E-state index is 0.00924. The molecule has 1 aromatic carbocycles. The molecule has 9 heteroatoms. The maximum absolute atomic E-state index is 12.5. The van der Waals surface area contributed by atoms with Gasteiger partial charge in [0, 0.05) is 43.9 Å². The van der Waals surface area contributed by atoms with Crippen LogP contribution in [0.1, 0.15) is 43.5 Å². The molecule has 2 saturated heterocycles. The Balaban J connectivity index is 1.24. The van der Waals surface area contributed by atoms with E-state index in [0.717, 1.165) is 31.5 Å². The summed E-state index contributed by atoms with van der Waals surface area (Å²) in [6.07, 6.45) is 3.63. The Morgan fingerprint density at radius 3 is 2.68 bits per heavy atom. The van der Waals surface area contributed by atoms with E-state index in [2.05, 4.69) is 20.3 Å². The van der Waals surface area contributed by atoms with Crippen molar-refractivity contribution in [1.29, 1.82) is 0 Å². The molecule has 2 aliphatic heterocycles. The Bertz CT molecular complexity index is 964. The van der Waals surface area contributed by atoms with E-state index in [1.165, 1.54) is 0 Å². The number of piperidine rings is 1. The lowest BCUT2D eigenvalue weighted by atomic mass is 9.93. The minimum Gasteiger partial charge on any atom is -0.342 e. The smallest absolute Gasteiger partial charge is 0.228 e.